The number of aromatic nitrogens is 1. The van der Waals surface area contributed by atoms with Crippen molar-refractivity contribution in [2.75, 3.05) is 6.54 Å². The van der Waals surface area contributed by atoms with Crippen LogP contribution in [0.2, 0.25) is 5.02 Å². The minimum atomic E-state index is -2.06. The van der Waals surface area contributed by atoms with Crippen molar-refractivity contribution < 1.29 is 9.00 Å². The van der Waals surface area contributed by atoms with E-state index in [2.05, 4.69) is 10.3 Å². The van der Waals surface area contributed by atoms with Crippen molar-refractivity contribution in [1.82, 2.24) is 10.3 Å². The molecule has 3 N–H and O–H groups in total. The highest BCUT2D eigenvalue weighted by atomic mass is 35.5. The topological polar surface area (TPSA) is 85.8 Å². The Kier molecular flexibility index (Phi) is 5.75. The summed E-state index contributed by atoms with van der Waals surface area (Å²) in [4.78, 5) is 15.9. The molecule has 0 fully saturated rings. The van der Waals surface area contributed by atoms with E-state index >= 15 is 0 Å². The summed E-state index contributed by atoms with van der Waals surface area (Å²) >= 11 is 5.89. The summed E-state index contributed by atoms with van der Waals surface area (Å²) in [7, 11) is -2.06. The van der Waals surface area contributed by atoms with Crippen LogP contribution < -0.4 is 5.32 Å². The maximum Gasteiger partial charge on any atom is 0.267 e. The van der Waals surface area contributed by atoms with Gasteiger partial charge in [0.05, 0.1) is 10.6 Å². The first-order chi connectivity index (χ1) is 12.5. The summed E-state index contributed by atoms with van der Waals surface area (Å²) in [5.41, 5.74) is 3.32. The van der Waals surface area contributed by atoms with Gasteiger partial charge in [-0.3, -0.25) is 9.57 Å². The highest BCUT2D eigenvalue weighted by Crippen LogP contribution is 2.20. The molecule has 1 amide bonds. The fourth-order valence-corrected chi connectivity index (χ4v) is 3.08. The van der Waals surface area contributed by atoms with Crippen molar-refractivity contribution in [3.05, 3.63) is 76.9 Å². The Morgan fingerprint density at radius 3 is 2.38 bits per heavy atom. The van der Waals surface area contributed by atoms with E-state index in [1.807, 2.05) is 30.3 Å². The molecule has 2 aromatic carbocycles. The van der Waals surface area contributed by atoms with E-state index in [1.165, 1.54) is 0 Å². The Hall–Kier alpha value is -2.57. The zero-order valence-corrected chi connectivity index (χ0v) is 15.5. The molecule has 26 heavy (non-hydrogen) atoms. The molecule has 0 saturated heterocycles. The highest BCUT2D eigenvalue weighted by Gasteiger charge is 2.09. The number of carbonyl (C=O) groups excluding carboxylic acids is 1. The van der Waals surface area contributed by atoms with Gasteiger partial charge in [-0.1, -0.05) is 35.9 Å². The zero-order valence-electron chi connectivity index (χ0n) is 13.8. The molecule has 3 aromatic rings. The number of hydrogen-bond donors (Lipinski definition) is 4. The Morgan fingerprint density at radius 1 is 1.04 bits per heavy atom. The number of amides is 1. The van der Waals surface area contributed by atoms with E-state index in [0.717, 1.165) is 16.8 Å². The fraction of sp³-hybridized carbons (Fsp3) is 0.105. The number of aromatic amines is 1. The summed E-state index contributed by atoms with van der Waals surface area (Å²) in [6.07, 6.45) is 0.658. The predicted molar refractivity (Wildman–Crippen MR) is 104 cm³/mol. The number of benzene rings is 2. The molecule has 0 spiro atoms. The number of halogens is 1. The number of H-pyrrole nitrogens is 1. The lowest BCUT2D eigenvalue weighted by molar-refractivity contribution is 0.0950. The van der Waals surface area contributed by atoms with Crippen LogP contribution in [0.25, 0.3) is 11.3 Å². The Balaban J connectivity index is 1.56. The minimum Gasteiger partial charge on any atom is -0.351 e. The van der Waals surface area contributed by atoms with Crippen LogP contribution in [0.4, 0.5) is 0 Å². The molecule has 0 bridgehead atoms. The number of hydrogen-bond acceptors (Lipinski definition) is 3. The normalized spacial score (nSPS) is 11.9. The van der Waals surface area contributed by atoms with Gasteiger partial charge >= 0.3 is 0 Å². The van der Waals surface area contributed by atoms with Gasteiger partial charge in [-0.25, -0.2) is 4.21 Å². The van der Waals surface area contributed by atoms with Crippen molar-refractivity contribution in [2.45, 2.75) is 11.3 Å². The van der Waals surface area contributed by atoms with Gasteiger partial charge in [0.1, 0.15) is 5.69 Å². The molecule has 0 aliphatic rings. The second-order valence-electron chi connectivity index (χ2n) is 5.76. The molecule has 134 valence electrons. The van der Waals surface area contributed by atoms with Crippen LogP contribution in [0.3, 0.4) is 0 Å². The SMILES string of the molecule is N=[SH](=O)c1ccc(CCNC(=O)c2ccc(-c3ccc(Cl)cc3)[nH]2)cc1. The van der Waals surface area contributed by atoms with Gasteiger partial charge in [0.15, 0.2) is 0 Å². The van der Waals surface area contributed by atoms with Crippen LogP contribution >= 0.6 is 11.6 Å². The number of nitrogens with one attached hydrogen (secondary N) is 3. The van der Waals surface area contributed by atoms with Crippen LogP contribution in [0.15, 0.2) is 65.6 Å². The van der Waals surface area contributed by atoms with Crippen LogP contribution in [-0.4, -0.2) is 21.6 Å². The van der Waals surface area contributed by atoms with Crippen molar-refractivity contribution >= 4 is 28.1 Å². The molecule has 7 heteroatoms. The van der Waals surface area contributed by atoms with E-state index in [0.29, 0.717) is 28.6 Å². The second kappa shape index (κ2) is 8.21. The summed E-state index contributed by atoms with van der Waals surface area (Å²) in [6, 6.07) is 18.0. The van der Waals surface area contributed by atoms with Crippen molar-refractivity contribution in [2.24, 2.45) is 0 Å². The smallest absolute Gasteiger partial charge is 0.267 e. The molecule has 1 aromatic heterocycles. The third-order valence-corrected chi connectivity index (χ3v) is 4.98. The van der Waals surface area contributed by atoms with Gasteiger partial charge in [0.25, 0.3) is 5.91 Å². The Labute approximate surface area is 158 Å². The van der Waals surface area contributed by atoms with E-state index in [-0.39, 0.29) is 5.91 Å². The van der Waals surface area contributed by atoms with Crippen LogP contribution in [0.5, 0.6) is 0 Å². The largest absolute Gasteiger partial charge is 0.351 e. The van der Waals surface area contributed by atoms with Crippen LogP contribution in [0, 0.1) is 4.78 Å². The van der Waals surface area contributed by atoms with Gasteiger partial charge in [-0.05, 0) is 53.9 Å². The van der Waals surface area contributed by atoms with Crippen molar-refractivity contribution in [3.8, 4) is 11.3 Å². The van der Waals surface area contributed by atoms with Gasteiger partial charge in [-0.2, -0.15) is 0 Å². The molecule has 5 nitrogen and oxygen atoms in total. The molecular weight excluding hydrogens is 370 g/mol. The van der Waals surface area contributed by atoms with Crippen LogP contribution in [0.1, 0.15) is 16.1 Å². The first-order valence-corrected chi connectivity index (χ1v) is 9.67. The molecule has 1 heterocycles. The van der Waals surface area contributed by atoms with E-state index < -0.39 is 10.6 Å². The van der Waals surface area contributed by atoms with E-state index in [9.17, 15) is 9.00 Å². The maximum atomic E-state index is 12.3. The van der Waals surface area contributed by atoms with Gasteiger partial charge in [0, 0.05) is 22.2 Å². The highest BCUT2D eigenvalue weighted by molar-refractivity contribution is 7.73. The van der Waals surface area contributed by atoms with Gasteiger partial charge < -0.3 is 10.3 Å². The number of rotatable bonds is 6. The standard InChI is InChI=1S/C19H18ClN3O2S/c20-15-5-3-14(4-6-15)17-9-10-18(23-17)19(24)22-12-11-13-1-7-16(8-2-13)26(21)25/h1-10,21,23,26H,11-12H2,(H,22,24). The fourth-order valence-electron chi connectivity index (χ4n) is 2.54. The predicted octanol–water partition coefficient (Wildman–Crippen LogP) is 3.91. The zero-order chi connectivity index (χ0) is 18.5. The molecule has 0 radical (unpaired) electrons. The first kappa shape index (κ1) is 18.2. The minimum absolute atomic E-state index is 0.170. The summed E-state index contributed by atoms with van der Waals surface area (Å²) < 4.78 is 18.3. The lowest BCUT2D eigenvalue weighted by Crippen LogP contribution is -2.25. The van der Waals surface area contributed by atoms with Crippen molar-refractivity contribution in [3.63, 3.8) is 0 Å². The Morgan fingerprint density at radius 2 is 1.73 bits per heavy atom. The molecule has 0 aliphatic heterocycles. The number of thiol groups is 1. The molecule has 0 saturated carbocycles. The third-order valence-electron chi connectivity index (χ3n) is 3.96. The third kappa shape index (κ3) is 4.53. The quantitative estimate of drug-likeness (QED) is 0.483. The van der Waals surface area contributed by atoms with E-state index in [4.69, 9.17) is 16.4 Å². The van der Waals surface area contributed by atoms with E-state index in [1.54, 1.807) is 30.3 Å². The van der Waals surface area contributed by atoms with Crippen LogP contribution in [-0.2, 0) is 17.0 Å². The number of carbonyl (C=O) groups is 1. The average Bonchev–Trinajstić information content (AvgIpc) is 3.13. The first-order valence-electron chi connectivity index (χ1n) is 8.03. The summed E-state index contributed by atoms with van der Waals surface area (Å²) in [5.74, 6) is -0.170. The second-order valence-corrected chi connectivity index (χ2v) is 7.30. The molecule has 3 rings (SSSR count). The average molecular weight is 388 g/mol. The molecular formula is C19H18ClN3O2S. The monoisotopic (exact) mass is 387 g/mol. The van der Waals surface area contributed by atoms with Gasteiger partial charge in [-0.15, -0.1) is 0 Å². The maximum absolute atomic E-state index is 12.3. The lowest BCUT2D eigenvalue weighted by Gasteiger charge is -2.05. The van der Waals surface area contributed by atoms with Gasteiger partial charge in [0.2, 0.25) is 0 Å². The molecule has 1 atom stereocenters. The summed E-state index contributed by atoms with van der Waals surface area (Å²) in [5, 5.41) is 3.54. The molecule has 0 aliphatic carbocycles. The van der Waals surface area contributed by atoms with Crippen molar-refractivity contribution in [1.29, 1.82) is 4.78 Å². The molecule has 1 unspecified atom stereocenters. The lowest BCUT2D eigenvalue weighted by atomic mass is 10.1. The Bertz CT molecular complexity index is 969. The summed E-state index contributed by atoms with van der Waals surface area (Å²) in [6.45, 7) is 0.487.